The van der Waals surface area contributed by atoms with Crippen molar-refractivity contribution in [2.24, 2.45) is 5.92 Å². The number of amides is 1. The highest BCUT2D eigenvalue weighted by Gasteiger charge is 2.26. The van der Waals surface area contributed by atoms with Crippen LogP contribution in [0, 0.1) is 11.7 Å². The molecule has 0 radical (unpaired) electrons. The van der Waals surface area contributed by atoms with Crippen molar-refractivity contribution in [1.82, 2.24) is 5.32 Å². The first-order valence-corrected chi connectivity index (χ1v) is 5.73. The predicted molar refractivity (Wildman–Crippen MR) is 60.3 cm³/mol. The summed E-state index contributed by atoms with van der Waals surface area (Å²) in [6, 6.07) is 6.31. The minimum absolute atomic E-state index is 0.0574. The molecule has 1 amide bonds. The van der Waals surface area contributed by atoms with Crippen LogP contribution in [0.1, 0.15) is 37.8 Å². The van der Waals surface area contributed by atoms with E-state index in [4.69, 9.17) is 0 Å². The van der Waals surface area contributed by atoms with E-state index in [-0.39, 0.29) is 23.7 Å². The van der Waals surface area contributed by atoms with E-state index in [2.05, 4.69) is 5.32 Å². The molecule has 1 aromatic carbocycles. The van der Waals surface area contributed by atoms with Crippen LogP contribution in [0.4, 0.5) is 4.39 Å². The summed E-state index contributed by atoms with van der Waals surface area (Å²) in [5.74, 6) is -0.0554. The number of benzene rings is 1. The average Bonchev–Trinajstić information content (AvgIpc) is 2.15. The van der Waals surface area contributed by atoms with E-state index in [1.807, 2.05) is 6.92 Å². The third-order valence-corrected chi connectivity index (χ3v) is 3.21. The lowest BCUT2D eigenvalue weighted by Crippen LogP contribution is -2.36. The fraction of sp³-hybridized carbons (Fsp3) is 0.462. The zero-order valence-corrected chi connectivity index (χ0v) is 9.37. The number of hydrogen-bond donors (Lipinski definition) is 1. The molecular weight excluding hydrogens is 205 g/mol. The molecule has 0 spiro atoms. The molecule has 3 heteroatoms. The molecule has 2 rings (SSSR count). The largest absolute Gasteiger partial charge is 0.349 e. The summed E-state index contributed by atoms with van der Waals surface area (Å²) in [6.45, 7) is 1.81. The topological polar surface area (TPSA) is 29.1 Å². The van der Waals surface area contributed by atoms with Crippen LogP contribution in [0.25, 0.3) is 0 Å². The monoisotopic (exact) mass is 221 g/mol. The van der Waals surface area contributed by atoms with Gasteiger partial charge in [-0.2, -0.15) is 0 Å². The van der Waals surface area contributed by atoms with Crippen LogP contribution in [0.5, 0.6) is 0 Å². The van der Waals surface area contributed by atoms with Gasteiger partial charge in [0.1, 0.15) is 5.82 Å². The molecule has 1 unspecified atom stereocenters. The molecule has 0 aromatic heterocycles. The molecule has 0 aliphatic heterocycles. The Hall–Kier alpha value is -1.38. The first-order chi connectivity index (χ1) is 7.68. The molecule has 1 atom stereocenters. The van der Waals surface area contributed by atoms with Gasteiger partial charge in [-0.3, -0.25) is 4.79 Å². The lowest BCUT2D eigenvalue weighted by molar-refractivity contribution is -0.128. The summed E-state index contributed by atoms with van der Waals surface area (Å²) in [5, 5.41) is 2.86. The van der Waals surface area contributed by atoms with E-state index < -0.39 is 0 Å². The van der Waals surface area contributed by atoms with Gasteiger partial charge in [-0.05, 0) is 25.8 Å². The minimum Gasteiger partial charge on any atom is -0.349 e. The third-order valence-electron chi connectivity index (χ3n) is 3.21. The van der Waals surface area contributed by atoms with Crippen LogP contribution in [0.15, 0.2) is 24.3 Å². The molecule has 1 aromatic rings. The smallest absolute Gasteiger partial charge is 0.223 e. The van der Waals surface area contributed by atoms with Crippen molar-refractivity contribution in [3.8, 4) is 0 Å². The zero-order valence-electron chi connectivity index (χ0n) is 9.37. The first kappa shape index (κ1) is 11.1. The van der Waals surface area contributed by atoms with Gasteiger partial charge in [0.05, 0.1) is 6.04 Å². The molecule has 0 heterocycles. The second-order valence-electron chi connectivity index (χ2n) is 4.38. The van der Waals surface area contributed by atoms with Crippen LogP contribution in [-0.4, -0.2) is 5.91 Å². The molecule has 1 aliphatic carbocycles. The van der Waals surface area contributed by atoms with Crippen LogP contribution in [0.3, 0.4) is 0 Å². The van der Waals surface area contributed by atoms with Crippen molar-refractivity contribution >= 4 is 5.91 Å². The molecule has 2 nitrogen and oxygen atoms in total. The number of carbonyl (C=O) groups is 1. The van der Waals surface area contributed by atoms with Crippen molar-refractivity contribution in [2.75, 3.05) is 0 Å². The van der Waals surface area contributed by atoms with E-state index in [0.717, 1.165) is 19.3 Å². The maximum atomic E-state index is 13.4. The lowest BCUT2D eigenvalue weighted by atomic mass is 9.84. The maximum absolute atomic E-state index is 13.4. The normalized spacial score (nSPS) is 17.6. The first-order valence-electron chi connectivity index (χ1n) is 5.73. The molecule has 1 aliphatic rings. The Morgan fingerprint density at radius 1 is 1.44 bits per heavy atom. The Morgan fingerprint density at radius 2 is 2.12 bits per heavy atom. The van der Waals surface area contributed by atoms with Crippen molar-refractivity contribution in [3.63, 3.8) is 0 Å². The summed E-state index contributed by atoms with van der Waals surface area (Å²) in [7, 11) is 0. The Labute approximate surface area is 94.9 Å². The summed E-state index contributed by atoms with van der Waals surface area (Å²) < 4.78 is 13.4. The number of hydrogen-bond acceptors (Lipinski definition) is 1. The second kappa shape index (κ2) is 4.64. The van der Waals surface area contributed by atoms with Gasteiger partial charge >= 0.3 is 0 Å². The van der Waals surface area contributed by atoms with Gasteiger partial charge in [-0.1, -0.05) is 24.6 Å². The Bertz CT molecular complexity index is 387. The second-order valence-corrected chi connectivity index (χ2v) is 4.38. The molecule has 1 N–H and O–H groups in total. The van der Waals surface area contributed by atoms with Gasteiger partial charge in [-0.25, -0.2) is 4.39 Å². The van der Waals surface area contributed by atoms with Gasteiger partial charge in [0, 0.05) is 11.5 Å². The molecule has 1 saturated carbocycles. The predicted octanol–water partition coefficient (Wildman–Crippen LogP) is 2.80. The lowest BCUT2D eigenvalue weighted by Gasteiger charge is -2.26. The van der Waals surface area contributed by atoms with Crippen molar-refractivity contribution < 1.29 is 9.18 Å². The average molecular weight is 221 g/mol. The Kier molecular flexibility index (Phi) is 3.22. The van der Waals surface area contributed by atoms with Crippen LogP contribution < -0.4 is 5.32 Å². The summed E-state index contributed by atoms with van der Waals surface area (Å²) >= 11 is 0. The summed E-state index contributed by atoms with van der Waals surface area (Å²) in [6.07, 6.45) is 3.07. The maximum Gasteiger partial charge on any atom is 0.223 e. The quantitative estimate of drug-likeness (QED) is 0.835. The summed E-state index contributed by atoms with van der Waals surface area (Å²) in [4.78, 5) is 11.7. The van der Waals surface area contributed by atoms with Gasteiger partial charge in [0.15, 0.2) is 0 Å². The number of carbonyl (C=O) groups excluding carboxylic acids is 1. The minimum atomic E-state index is -0.260. The fourth-order valence-corrected chi connectivity index (χ4v) is 1.91. The number of halogens is 1. The van der Waals surface area contributed by atoms with E-state index >= 15 is 0 Å². The van der Waals surface area contributed by atoms with Crippen molar-refractivity contribution in [1.29, 1.82) is 0 Å². The van der Waals surface area contributed by atoms with E-state index in [1.165, 1.54) is 6.07 Å². The van der Waals surface area contributed by atoms with Gasteiger partial charge < -0.3 is 5.32 Å². The molecule has 86 valence electrons. The molecular formula is C13H16FNO. The zero-order chi connectivity index (χ0) is 11.5. The van der Waals surface area contributed by atoms with Crippen molar-refractivity contribution in [2.45, 2.75) is 32.2 Å². The highest BCUT2D eigenvalue weighted by Crippen LogP contribution is 2.27. The van der Waals surface area contributed by atoms with Gasteiger partial charge in [-0.15, -0.1) is 0 Å². The Morgan fingerprint density at radius 3 is 2.69 bits per heavy atom. The number of rotatable bonds is 3. The van der Waals surface area contributed by atoms with Crippen molar-refractivity contribution in [3.05, 3.63) is 35.6 Å². The standard InChI is InChI=1S/C13H16FNO/c1-9(11-7-2-3-8-12(11)14)15-13(16)10-5-4-6-10/h2-3,7-10H,4-6H2,1H3,(H,15,16). The van der Waals surface area contributed by atoms with E-state index in [9.17, 15) is 9.18 Å². The Balaban J connectivity index is 1.99. The third kappa shape index (κ3) is 2.23. The molecule has 16 heavy (non-hydrogen) atoms. The van der Waals surface area contributed by atoms with Gasteiger partial charge in [0.2, 0.25) is 5.91 Å². The molecule has 0 saturated heterocycles. The van der Waals surface area contributed by atoms with Crippen LogP contribution in [0.2, 0.25) is 0 Å². The van der Waals surface area contributed by atoms with Crippen LogP contribution in [-0.2, 0) is 4.79 Å². The highest BCUT2D eigenvalue weighted by atomic mass is 19.1. The van der Waals surface area contributed by atoms with Crippen LogP contribution >= 0.6 is 0 Å². The van der Waals surface area contributed by atoms with E-state index in [0.29, 0.717) is 5.56 Å². The summed E-state index contributed by atoms with van der Waals surface area (Å²) in [5.41, 5.74) is 0.551. The number of nitrogens with one attached hydrogen (secondary N) is 1. The fourth-order valence-electron chi connectivity index (χ4n) is 1.91. The van der Waals surface area contributed by atoms with Gasteiger partial charge in [0.25, 0.3) is 0 Å². The SMILES string of the molecule is CC(NC(=O)C1CCC1)c1ccccc1F. The molecule has 0 bridgehead atoms. The van der Waals surface area contributed by atoms with E-state index in [1.54, 1.807) is 18.2 Å². The molecule has 1 fully saturated rings. The highest BCUT2D eigenvalue weighted by molar-refractivity contribution is 5.79.